The number of carbonyl (C=O) groups excluding carboxylic acids is 2. The molecule has 0 bridgehead atoms. The molecule has 8 heteroatoms. The molecule has 134 valence electrons. The molecule has 1 heterocycles. The molecule has 24 heavy (non-hydrogen) atoms. The lowest BCUT2D eigenvalue weighted by atomic mass is 10.1. The van der Waals surface area contributed by atoms with Crippen molar-refractivity contribution in [1.29, 1.82) is 0 Å². The molecule has 1 rings (SSSR count). The van der Waals surface area contributed by atoms with E-state index in [0.717, 1.165) is 13.0 Å². The van der Waals surface area contributed by atoms with Crippen LogP contribution >= 0.6 is 23.6 Å². The molecule has 0 saturated carbocycles. The monoisotopic (exact) mass is 371 g/mol. The van der Waals surface area contributed by atoms with E-state index in [4.69, 9.17) is 17.0 Å². The first-order chi connectivity index (χ1) is 11.4. The van der Waals surface area contributed by atoms with Crippen LogP contribution in [0, 0.1) is 6.92 Å². The number of thiophene rings is 1. The van der Waals surface area contributed by atoms with E-state index in [1.807, 2.05) is 20.8 Å². The van der Waals surface area contributed by atoms with Crippen molar-refractivity contribution in [1.82, 2.24) is 10.2 Å². The Bertz CT molecular complexity index is 610. The SMILES string of the molecule is CCCNC(=S)Nc1sc(C(=O)N(CC)CC)c(C)c1C(=O)OC. The Hall–Kier alpha value is -1.67. The average Bonchev–Trinajstić information content (AvgIpc) is 2.89. The fraction of sp³-hybridized carbons (Fsp3) is 0.562. The summed E-state index contributed by atoms with van der Waals surface area (Å²) in [7, 11) is 1.32. The van der Waals surface area contributed by atoms with E-state index in [2.05, 4.69) is 10.6 Å². The number of hydrogen-bond acceptors (Lipinski definition) is 5. The lowest BCUT2D eigenvalue weighted by molar-refractivity contribution is 0.0601. The predicted octanol–water partition coefficient (Wildman–Crippen LogP) is 3.02. The number of amides is 1. The van der Waals surface area contributed by atoms with E-state index in [1.54, 1.807) is 11.8 Å². The Morgan fingerprint density at radius 3 is 2.38 bits per heavy atom. The second-order valence-electron chi connectivity index (χ2n) is 5.11. The highest BCUT2D eigenvalue weighted by Gasteiger charge is 2.27. The molecule has 1 amide bonds. The first-order valence-electron chi connectivity index (χ1n) is 7.96. The maximum Gasteiger partial charge on any atom is 0.341 e. The van der Waals surface area contributed by atoms with E-state index < -0.39 is 5.97 Å². The highest BCUT2D eigenvalue weighted by atomic mass is 32.1. The Balaban J connectivity index is 3.22. The molecule has 0 saturated heterocycles. The summed E-state index contributed by atoms with van der Waals surface area (Å²) in [6, 6.07) is 0. The molecule has 1 aromatic rings. The second-order valence-corrected chi connectivity index (χ2v) is 6.54. The first kappa shape index (κ1) is 20.4. The van der Waals surface area contributed by atoms with Crippen LogP contribution in [0.4, 0.5) is 5.00 Å². The summed E-state index contributed by atoms with van der Waals surface area (Å²) in [6.07, 6.45) is 0.931. The largest absolute Gasteiger partial charge is 0.465 e. The zero-order valence-corrected chi connectivity index (χ0v) is 16.4. The summed E-state index contributed by atoms with van der Waals surface area (Å²) >= 11 is 6.46. The van der Waals surface area contributed by atoms with Gasteiger partial charge in [-0.2, -0.15) is 0 Å². The van der Waals surface area contributed by atoms with Crippen molar-refractivity contribution >= 4 is 45.5 Å². The number of methoxy groups -OCH3 is 1. The van der Waals surface area contributed by atoms with Crippen LogP contribution in [0.1, 0.15) is 52.8 Å². The van der Waals surface area contributed by atoms with Crippen LogP contribution in [-0.2, 0) is 4.74 Å². The summed E-state index contributed by atoms with van der Waals surface area (Å²) in [5, 5.41) is 7.02. The number of nitrogens with one attached hydrogen (secondary N) is 2. The van der Waals surface area contributed by atoms with Crippen molar-refractivity contribution in [3.05, 3.63) is 16.0 Å². The van der Waals surface area contributed by atoms with Gasteiger partial charge in [0.15, 0.2) is 5.11 Å². The zero-order chi connectivity index (χ0) is 18.3. The highest BCUT2D eigenvalue weighted by Crippen LogP contribution is 2.34. The number of rotatable bonds is 7. The van der Waals surface area contributed by atoms with Gasteiger partial charge in [0.2, 0.25) is 0 Å². The number of ether oxygens (including phenoxy) is 1. The topological polar surface area (TPSA) is 70.7 Å². The van der Waals surface area contributed by atoms with Gasteiger partial charge in [-0.25, -0.2) is 4.79 Å². The fourth-order valence-electron chi connectivity index (χ4n) is 2.19. The summed E-state index contributed by atoms with van der Waals surface area (Å²) < 4.78 is 4.87. The molecule has 0 aliphatic rings. The van der Waals surface area contributed by atoms with Gasteiger partial charge < -0.3 is 20.3 Å². The first-order valence-corrected chi connectivity index (χ1v) is 9.19. The summed E-state index contributed by atoms with van der Waals surface area (Å²) in [5.41, 5.74) is 0.975. The van der Waals surface area contributed by atoms with Crippen LogP contribution in [-0.4, -0.2) is 48.6 Å². The fourth-order valence-corrected chi connectivity index (χ4v) is 3.63. The molecule has 0 aliphatic carbocycles. The Labute approximate surface area is 152 Å². The van der Waals surface area contributed by atoms with E-state index >= 15 is 0 Å². The molecule has 0 unspecified atom stereocenters. The summed E-state index contributed by atoms with van der Waals surface area (Å²) in [6.45, 7) is 9.59. The van der Waals surface area contributed by atoms with Gasteiger partial charge in [0.1, 0.15) is 5.00 Å². The van der Waals surface area contributed by atoms with E-state index in [-0.39, 0.29) is 5.91 Å². The lowest BCUT2D eigenvalue weighted by Crippen LogP contribution is -2.30. The zero-order valence-electron chi connectivity index (χ0n) is 14.8. The Kier molecular flexibility index (Phi) is 8.14. The smallest absolute Gasteiger partial charge is 0.341 e. The average molecular weight is 372 g/mol. The van der Waals surface area contributed by atoms with Crippen LogP contribution in [0.25, 0.3) is 0 Å². The van der Waals surface area contributed by atoms with Crippen molar-refractivity contribution in [2.75, 3.05) is 32.1 Å². The Morgan fingerprint density at radius 1 is 1.25 bits per heavy atom. The molecule has 0 atom stereocenters. The number of nitrogens with zero attached hydrogens (tertiary/aromatic N) is 1. The minimum atomic E-state index is -0.483. The normalized spacial score (nSPS) is 10.2. The van der Waals surface area contributed by atoms with Gasteiger partial charge in [0.25, 0.3) is 5.91 Å². The molecule has 0 aliphatic heterocycles. The molecule has 0 aromatic carbocycles. The standard InChI is InChI=1S/C16H25N3O3S2/c1-6-9-17-16(23)18-13-11(15(21)22-5)10(4)12(24-13)14(20)19(7-2)8-3/h6-9H2,1-5H3,(H2,17,18,23). The van der Waals surface area contributed by atoms with Gasteiger partial charge in [-0.15, -0.1) is 11.3 Å². The van der Waals surface area contributed by atoms with Crippen LogP contribution < -0.4 is 10.6 Å². The van der Waals surface area contributed by atoms with Crippen LogP contribution in [0.3, 0.4) is 0 Å². The summed E-state index contributed by atoms with van der Waals surface area (Å²) in [5.74, 6) is -0.573. The Morgan fingerprint density at radius 2 is 1.88 bits per heavy atom. The van der Waals surface area contributed by atoms with E-state index in [9.17, 15) is 9.59 Å². The molecule has 0 radical (unpaired) electrons. The third-order valence-electron chi connectivity index (χ3n) is 3.54. The third-order valence-corrected chi connectivity index (χ3v) is 4.99. The minimum Gasteiger partial charge on any atom is -0.465 e. The van der Waals surface area contributed by atoms with Crippen molar-refractivity contribution in [3.63, 3.8) is 0 Å². The predicted molar refractivity (Wildman–Crippen MR) is 102 cm³/mol. The second kappa shape index (κ2) is 9.58. The van der Waals surface area contributed by atoms with E-state index in [1.165, 1.54) is 18.4 Å². The van der Waals surface area contributed by atoms with Crippen LogP contribution in [0.5, 0.6) is 0 Å². The number of thiocarbonyl (C=S) groups is 1. The summed E-state index contributed by atoms with van der Waals surface area (Å²) in [4.78, 5) is 27.1. The molecular formula is C16H25N3O3S2. The number of esters is 1. The van der Waals surface area contributed by atoms with Crippen molar-refractivity contribution in [2.45, 2.75) is 34.1 Å². The molecule has 2 N–H and O–H groups in total. The van der Waals surface area contributed by atoms with Crippen molar-refractivity contribution in [2.24, 2.45) is 0 Å². The highest BCUT2D eigenvalue weighted by molar-refractivity contribution is 7.80. The van der Waals surface area contributed by atoms with Crippen molar-refractivity contribution in [3.8, 4) is 0 Å². The maximum absolute atomic E-state index is 12.7. The lowest BCUT2D eigenvalue weighted by Gasteiger charge is -2.17. The minimum absolute atomic E-state index is 0.0897. The van der Waals surface area contributed by atoms with Gasteiger partial charge in [0, 0.05) is 19.6 Å². The number of anilines is 1. The van der Waals surface area contributed by atoms with E-state index in [0.29, 0.717) is 39.2 Å². The maximum atomic E-state index is 12.7. The van der Waals surface area contributed by atoms with Crippen LogP contribution in [0.15, 0.2) is 0 Å². The van der Waals surface area contributed by atoms with Gasteiger partial charge in [-0.05, 0) is 45.0 Å². The molecule has 0 spiro atoms. The van der Waals surface area contributed by atoms with Gasteiger partial charge >= 0.3 is 5.97 Å². The van der Waals surface area contributed by atoms with Crippen LogP contribution in [0.2, 0.25) is 0 Å². The van der Waals surface area contributed by atoms with Gasteiger partial charge in [-0.3, -0.25) is 4.79 Å². The molecular weight excluding hydrogens is 346 g/mol. The van der Waals surface area contributed by atoms with Crippen molar-refractivity contribution < 1.29 is 14.3 Å². The molecule has 0 fully saturated rings. The van der Waals surface area contributed by atoms with Gasteiger partial charge in [-0.1, -0.05) is 6.92 Å². The molecule has 6 nitrogen and oxygen atoms in total. The number of hydrogen-bond donors (Lipinski definition) is 2. The molecule has 1 aromatic heterocycles. The number of carbonyl (C=O) groups is 2. The quantitative estimate of drug-likeness (QED) is 0.567. The van der Waals surface area contributed by atoms with Gasteiger partial charge in [0.05, 0.1) is 17.6 Å². The third kappa shape index (κ3) is 4.67.